The second-order valence-corrected chi connectivity index (χ2v) is 15.8. The van der Waals surface area contributed by atoms with E-state index in [4.69, 9.17) is 24.2 Å². The molecule has 324 valence electrons. The molecule has 0 bridgehead atoms. The minimum absolute atomic E-state index is 0.273. The molecule has 0 saturated carbocycles. The molecule has 0 atom stereocenters. The van der Waals surface area contributed by atoms with Gasteiger partial charge in [0.1, 0.15) is 23.0 Å². The van der Waals surface area contributed by atoms with E-state index in [0.717, 1.165) is 23.3 Å². The van der Waals surface area contributed by atoms with E-state index in [2.05, 4.69) is 6.92 Å². The van der Waals surface area contributed by atoms with Crippen LogP contribution in [0.25, 0.3) is 11.1 Å². The highest BCUT2D eigenvalue weighted by Gasteiger charge is 2.13. The van der Waals surface area contributed by atoms with Gasteiger partial charge in [-0.1, -0.05) is 140 Å². The summed E-state index contributed by atoms with van der Waals surface area (Å²) in [5.41, 5.74) is 3.28. The highest BCUT2D eigenvalue weighted by molar-refractivity contribution is 5.93. The molecule has 0 aliphatic heterocycles. The minimum atomic E-state index is -0.578. The van der Waals surface area contributed by atoms with Crippen LogP contribution in [0.2, 0.25) is 0 Å². The summed E-state index contributed by atoms with van der Waals surface area (Å²) in [7, 11) is 0. The van der Waals surface area contributed by atoms with Gasteiger partial charge < -0.3 is 18.9 Å². The average molecular weight is 836 g/mol. The van der Waals surface area contributed by atoms with Crippen LogP contribution in [-0.2, 0) is 0 Å². The van der Waals surface area contributed by atoms with E-state index >= 15 is 0 Å². The Bertz CT molecular complexity index is 2120. The van der Waals surface area contributed by atoms with Gasteiger partial charge in [-0.15, -0.1) is 0 Å². The summed E-state index contributed by atoms with van der Waals surface area (Å²) in [5.74, 6) is 0.172. The lowest BCUT2D eigenvalue weighted by Crippen LogP contribution is -2.10. The predicted molar refractivity (Wildman–Crippen MR) is 245 cm³/mol. The van der Waals surface area contributed by atoms with E-state index in [9.17, 15) is 14.4 Å². The van der Waals surface area contributed by atoms with Crippen LogP contribution < -0.4 is 18.9 Å². The molecule has 5 rings (SSSR count). The van der Waals surface area contributed by atoms with Gasteiger partial charge in [-0.3, -0.25) is 0 Å². The van der Waals surface area contributed by atoms with Gasteiger partial charge in [-0.05, 0) is 115 Å². The van der Waals surface area contributed by atoms with Crippen LogP contribution in [0.1, 0.15) is 159 Å². The SMILES string of the molecule is CCCCCCCCCCCCCCCCCCCCOc1ccc(C(=O)Oc2ccc(-c3ccc(C(=O)Oc4ccc(C(=O)Oc5ccc(C#N)cc5)cc4)cc3)cc2)cc1. The molecule has 5 aromatic carbocycles. The highest BCUT2D eigenvalue weighted by atomic mass is 16.5. The van der Waals surface area contributed by atoms with Crippen molar-refractivity contribution in [1.29, 1.82) is 5.26 Å². The Labute approximate surface area is 368 Å². The van der Waals surface area contributed by atoms with Crippen molar-refractivity contribution in [3.63, 3.8) is 0 Å². The molecule has 0 aliphatic rings. The summed E-state index contributed by atoms with van der Waals surface area (Å²) >= 11 is 0. The van der Waals surface area contributed by atoms with Crippen LogP contribution in [0.4, 0.5) is 0 Å². The maximum Gasteiger partial charge on any atom is 0.343 e. The highest BCUT2D eigenvalue weighted by Crippen LogP contribution is 2.25. The molecule has 0 aliphatic carbocycles. The number of carbonyl (C=O) groups excluding carboxylic acids is 3. The van der Waals surface area contributed by atoms with E-state index in [-0.39, 0.29) is 11.3 Å². The van der Waals surface area contributed by atoms with Crippen LogP contribution in [-0.4, -0.2) is 24.5 Å². The van der Waals surface area contributed by atoms with Gasteiger partial charge in [0.25, 0.3) is 0 Å². The fourth-order valence-corrected chi connectivity index (χ4v) is 7.15. The Hall–Kier alpha value is -6.20. The number of ether oxygens (including phenoxy) is 4. The van der Waals surface area contributed by atoms with Crippen molar-refractivity contribution in [2.45, 2.75) is 122 Å². The molecule has 0 N–H and O–H groups in total. The first-order valence-electron chi connectivity index (χ1n) is 22.6. The van der Waals surface area contributed by atoms with E-state index < -0.39 is 17.9 Å². The molecule has 5 aromatic rings. The van der Waals surface area contributed by atoms with Gasteiger partial charge >= 0.3 is 17.9 Å². The second kappa shape index (κ2) is 26.9. The zero-order valence-corrected chi connectivity index (χ0v) is 36.3. The fourth-order valence-electron chi connectivity index (χ4n) is 7.15. The number of unbranched alkanes of at least 4 members (excludes halogenated alkanes) is 17. The first kappa shape index (κ1) is 46.9. The van der Waals surface area contributed by atoms with Crippen LogP contribution >= 0.6 is 0 Å². The van der Waals surface area contributed by atoms with E-state index in [0.29, 0.717) is 34.8 Å². The summed E-state index contributed by atoms with van der Waals surface area (Å²) in [6.45, 7) is 2.95. The minimum Gasteiger partial charge on any atom is -0.494 e. The van der Waals surface area contributed by atoms with Crippen LogP contribution in [0.3, 0.4) is 0 Å². The van der Waals surface area contributed by atoms with Gasteiger partial charge in [0.05, 0.1) is 34.9 Å². The Morgan fingerprint density at radius 3 is 1.05 bits per heavy atom. The number of hydrogen-bond donors (Lipinski definition) is 0. The van der Waals surface area contributed by atoms with Gasteiger partial charge in [0.2, 0.25) is 0 Å². The monoisotopic (exact) mass is 835 g/mol. The quantitative estimate of drug-likeness (QED) is 0.0292. The fraction of sp³-hybridized carbons (Fsp3) is 0.370. The zero-order valence-electron chi connectivity index (χ0n) is 36.3. The number of nitrogens with zero attached hydrogens (tertiary/aromatic N) is 1. The number of carbonyl (C=O) groups is 3. The molecule has 0 amide bonds. The molecule has 0 aromatic heterocycles. The predicted octanol–water partition coefficient (Wildman–Crippen LogP) is 14.3. The van der Waals surface area contributed by atoms with Crippen molar-refractivity contribution < 1.29 is 33.3 Å². The Morgan fingerprint density at radius 2 is 0.677 bits per heavy atom. The largest absolute Gasteiger partial charge is 0.494 e. The molecular formula is C54H61NO7. The Balaban J connectivity index is 0.923. The van der Waals surface area contributed by atoms with Crippen LogP contribution in [0.5, 0.6) is 23.0 Å². The Kier molecular flexibility index (Phi) is 20.3. The van der Waals surface area contributed by atoms with E-state index in [1.165, 1.54) is 133 Å². The third-order valence-corrected chi connectivity index (χ3v) is 10.9. The lowest BCUT2D eigenvalue weighted by Gasteiger charge is -2.09. The van der Waals surface area contributed by atoms with Gasteiger partial charge in [-0.25, -0.2) is 14.4 Å². The number of nitriles is 1. The Morgan fingerprint density at radius 1 is 0.387 bits per heavy atom. The molecule has 0 unspecified atom stereocenters. The zero-order chi connectivity index (χ0) is 43.6. The number of hydrogen-bond acceptors (Lipinski definition) is 8. The normalized spacial score (nSPS) is 10.8. The van der Waals surface area contributed by atoms with Crippen LogP contribution in [0.15, 0.2) is 121 Å². The molecule has 62 heavy (non-hydrogen) atoms. The molecular weight excluding hydrogens is 775 g/mol. The van der Waals surface area contributed by atoms with Gasteiger partial charge in [0.15, 0.2) is 0 Å². The molecule has 0 spiro atoms. The summed E-state index contributed by atoms with van der Waals surface area (Å²) in [6.07, 6.45) is 24.3. The van der Waals surface area contributed by atoms with Gasteiger partial charge in [-0.2, -0.15) is 5.26 Å². The van der Waals surface area contributed by atoms with Crippen molar-refractivity contribution in [2.24, 2.45) is 0 Å². The van der Waals surface area contributed by atoms with Gasteiger partial charge in [0, 0.05) is 0 Å². The summed E-state index contributed by atoms with van der Waals surface area (Å²) in [4.78, 5) is 38.2. The standard InChI is InChI=1S/C54H61NO7/c1-2-3-4-5-6-7-8-9-10-11-12-13-14-15-16-17-18-19-40-59-48-34-28-46(29-35-48)53(57)61-50-36-26-44(27-37-50)43-22-24-45(25-23-43)52(56)62-51-38-30-47(31-39-51)54(58)60-49-32-20-42(41-55)21-33-49/h20-39H,2-19,40H2,1H3. The average Bonchev–Trinajstić information content (AvgIpc) is 3.30. The summed E-state index contributed by atoms with van der Waals surface area (Å²) in [6, 6.07) is 35.5. The third-order valence-electron chi connectivity index (χ3n) is 10.9. The van der Waals surface area contributed by atoms with Crippen molar-refractivity contribution in [3.05, 3.63) is 144 Å². The molecule has 0 heterocycles. The molecule has 0 saturated heterocycles. The molecule has 0 radical (unpaired) electrons. The van der Waals surface area contributed by atoms with Crippen molar-refractivity contribution in [2.75, 3.05) is 6.61 Å². The van der Waals surface area contributed by atoms with Crippen molar-refractivity contribution in [1.82, 2.24) is 0 Å². The van der Waals surface area contributed by atoms with Crippen molar-refractivity contribution in [3.8, 4) is 40.2 Å². The lowest BCUT2D eigenvalue weighted by atomic mass is 10.0. The van der Waals surface area contributed by atoms with E-state index in [1.807, 2.05) is 42.5 Å². The number of rotatable bonds is 27. The molecule has 8 heteroatoms. The second-order valence-electron chi connectivity index (χ2n) is 15.8. The first-order valence-corrected chi connectivity index (χ1v) is 22.6. The smallest absolute Gasteiger partial charge is 0.343 e. The van der Waals surface area contributed by atoms with Crippen molar-refractivity contribution >= 4 is 17.9 Å². The maximum absolute atomic E-state index is 12.9. The lowest BCUT2D eigenvalue weighted by molar-refractivity contribution is 0.0723. The topological polar surface area (TPSA) is 112 Å². The number of benzene rings is 5. The summed E-state index contributed by atoms with van der Waals surface area (Å²) in [5, 5.41) is 8.93. The molecule has 0 fully saturated rings. The van der Waals surface area contributed by atoms with Crippen LogP contribution in [0, 0.1) is 11.3 Å². The summed E-state index contributed by atoms with van der Waals surface area (Å²) < 4.78 is 22.4. The molecule has 8 nitrogen and oxygen atoms in total. The maximum atomic E-state index is 12.9. The number of esters is 3. The van der Waals surface area contributed by atoms with E-state index in [1.54, 1.807) is 60.7 Å². The third kappa shape index (κ3) is 16.7. The first-order chi connectivity index (χ1) is 30.4.